The van der Waals surface area contributed by atoms with Crippen molar-refractivity contribution in [1.29, 1.82) is 0 Å². The van der Waals surface area contributed by atoms with E-state index >= 15 is 0 Å². The molecule has 0 saturated carbocycles. The van der Waals surface area contributed by atoms with E-state index < -0.39 is 6.29 Å². The zero-order chi connectivity index (χ0) is 8.15. The Bertz CT molecular complexity index is 145. The molecule has 0 amide bonds. The Hall–Kier alpha value is -0.0200. The highest BCUT2D eigenvalue weighted by Gasteiger charge is 2.05. The topological polar surface area (TPSA) is 29.5 Å². The van der Waals surface area contributed by atoms with E-state index in [1.165, 1.54) is 0 Å². The molecule has 4 heteroatoms. The Morgan fingerprint density at radius 2 is 2.00 bits per heavy atom. The third-order valence-electron chi connectivity index (χ3n) is 0.666. The second-order valence-electron chi connectivity index (χ2n) is 1.63. The minimum absolute atomic E-state index is 0.0258. The van der Waals surface area contributed by atoms with Crippen molar-refractivity contribution in [2.24, 2.45) is 0 Å². The van der Waals surface area contributed by atoms with E-state index in [1.54, 1.807) is 0 Å². The van der Waals surface area contributed by atoms with Crippen LogP contribution in [0.4, 0.5) is 0 Å². The molecule has 1 N–H and O–H groups in total. The first-order valence-electron chi connectivity index (χ1n) is 2.51. The van der Waals surface area contributed by atoms with Gasteiger partial charge in [-0.25, -0.2) is 0 Å². The van der Waals surface area contributed by atoms with Crippen LogP contribution in [0.1, 0.15) is 0 Å². The first-order valence-corrected chi connectivity index (χ1v) is 3.27. The van der Waals surface area contributed by atoms with Gasteiger partial charge in [-0.3, -0.25) is 0 Å². The van der Waals surface area contributed by atoms with Gasteiger partial charge in [0, 0.05) is 5.03 Å². The van der Waals surface area contributed by atoms with Gasteiger partial charge in [-0.05, 0) is 0 Å². The summed E-state index contributed by atoms with van der Waals surface area (Å²) in [6.07, 6.45) is -1.17. The number of aliphatic hydroxyl groups is 1. The van der Waals surface area contributed by atoms with Gasteiger partial charge in [0.2, 0.25) is 0 Å². The van der Waals surface area contributed by atoms with E-state index in [2.05, 4.69) is 17.9 Å². The lowest BCUT2D eigenvalue weighted by Crippen LogP contribution is -2.12. The lowest BCUT2D eigenvalue weighted by atomic mass is 10.6. The Morgan fingerprint density at radius 1 is 1.50 bits per heavy atom. The maximum absolute atomic E-state index is 8.82. The summed E-state index contributed by atoms with van der Waals surface area (Å²) >= 11 is 10.6. The molecule has 0 aromatic heterocycles. The van der Waals surface area contributed by atoms with Crippen molar-refractivity contribution in [3.05, 3.63) is 23.2 Å². The van der Waals surface area contributed by atoms with Crippen LogP contribution in [0.3, 0.4) is 0 Å². The van der Waals surface area contributed by atoms with E-state index in [-0.39, 0.29) is 11.6 Å². The van der Waals surface area contributed by atoms with Crippen LogP contribution in [0.5, 0.6) is 0 Å². The standard InChI is InChI=1S/C6H8Cl2O2/c1-4(7)3-10-6(9)5(2)8/h6,9H,1-3H2. The minimum atomic E-state index is -1.17. The summed E-state index contributed by atoms with van der Waals surface area (Å²) < 4.78 is 4.66. The van der Waals surface area contributed by atoms with Crippen LogP contribution in [0.25, 0.3) is 0 Å². The highest BCUT2D eigenvalue weighted by atomic mass is 35.5. The lowest BCUT2D eigenvalue weighted by Gasteiger charge is -2.08. The van der Waals surface area contributed by atoms with Crippen LogP contribution >= 0.6 is 23.2 Å². The van der Waals surface area contributed by atoms with Gasteiger partial charge in [-0.1, -0.05) is 36.4 Å². The Morgan fingerprint density at radius 3 is 2.30 bits per heavy atom. The van der Waals surface area contributed by atoms with Crippen molar-refractivity contribution >= 4 is 23.2 Å². The molecule has 58 valence electrons. The van der Waals surface area contributed by atoms with Gasteiger partial charge >= 0.3 is 0 Å². The van der Waals surface area contributed by atoms with Crippen LogP contribution in [-0.4, -0.2) is 18.0 Å². The molecule has 0 aliphatic rings. The molecular formula is C6H8Cl2O2. The van der Waals surface area contributed by atoms with Gasteiger partial charge in [-0.15, -0.1) is 0 Å². The number of halogens is 2. The summed E-state index contributed by atoms with van der Waals surface area (Å²) in [7, 11) is 0. The molecule has 2 nitrogen and oxygen atoms in total. The highest BCUT2D eigenvalue weighted by Crippen LogP contribution is 2.07. The van der Waals surface area contributed by atoms with Crippen LogP contribution in [0.2, 0.25) is 0 Å². The molecule has 0 bridgehead atoms. The molecule has 0 spiro atoms. The minimum Gasteiger partial charge on any atom is -0.364 e. The molecule has 1 atom stereocenters. The quantitative estimate of drug-likeness (QED) is 0.673. The molecule has 0 heterocycles. The molecule has 0 radical (unpaired) electrons. The molecule has 0 aliphatic heterocycles. The van der Waals surface area contributed by atoms with E-state index in [4.69, 9.17) is 28.3 Å². The van der Waals surface area contributed by atoms with E-state index in [9.17, 15) is 0 Å². The van der Waals surface area contributed by atoms with Gasteiger partial charge in [0.05, 0.1) is 11.6 Å². The average Bonchev–Trinajstić information content (AvgIpc) is 1.82. The average molecular weight is 183 g/mol. The van der Waals surface area contributed by atoms with E-state index in [0.717, 1.165) is 0 Å². The summed E-state index contributed by atoms with van der Waals surface area (Å²) in [5.41, 5.74) is 0. The fraction of sp³-hybridized carbons (Fsp3) is 0.333. The second-order valence-corrected chi connectivity index (χ2v) is 2.65. The number of ether oxygens (including phenoxy) is 1. The third-order valence-corrected chi connectivity index (χ3v) is 0.962. The molecule has 0 aromatic carbocycles. The normalized spacial score (nSPS) is 12.7. The van der Waals surface area contributed by atoms with Gasteiger partial charge in [0.25, 0.3) is 0 Å². The van der Waals surface area contributed by atoms with Crippen molar-refractivity contribution in [1.82, 2.24) is 0 Å². The Labute approximate surface area is 69.7 Å². The summed E-state index contributed by atoms with van der Waals surface area (Å²) in [5, 5.41) is 9.15. The summed E-state index contributed by atoms with van der Waals surface area (Å²) in [4.78, 5) is 0. The van der Waals surface area contributed by atoms with Crippen LogP contribution in [0.15, 0.2) is 23.2 Å². The molecule has 1 unspecified atom stereocenters. The summed E-state index contributed by atoms with van der Waals surface area (Å²) in [6, 6.07) is 0. The van der Waals surface area contributed by atoms with Gasteiger partial charge in [0.15, 0.2) is 6.29 Å². The van der Waals surface area contributed by atoms with Crippen molar-refractivity contribution < 1.29 is 9.84 Å². The van der Waals surface area contributed by atoms with E-state index in [0.29, 0.717) is 5.03 Å². The maximum atomic E-state index is 8.82. The van der Waals surface area contributed by atoms with Crippen LogP contribution in [-0.2, 0) is 4.74 Å². The molecule has 0 fully saturated rings. The van der Waals surface area contributed by atoms with Crippen molar-refractivity contribution in [3.63, 3.8) is 0 Å². The van der Waals surface area contributed by atoms with Crippen molar-refractivity contribution in [2.75, 3.05) is 6.61 Å². The number of hydrogen-bond donors (Lipinski definition) is 1. The summed E-state index contributed by atoms with van der Waals surface area (Å²) in [5.74, 6) is 0. The third kappa shape index (κ3) is 4.82. The SMILES string of the molecule is C=C(Cl)COC(O)C(=C)Cl. The smallest absolute Gasteiger partial charge is 0.191 e. The largest absolute Gasteiger partial charge is 0.364 e. The molecule has 0 rings (SSSR count). The zero-order valence-corrected chi connectivity index (χ0v) is 6.82. The maximum Gasteiger partial charge on any atom is 0.191 e. The van der Waals surface area contributed by atoms with Crippen LogP contribution < -0.4 is 0 Å². The molecule has 0 saturated heterocycles. The highest BCUT2D eigenvalue weighted by molar-refractivity contribution is 6.30. The lowest BCUT2D eigenvalue weighted by molar-refractivity contribution is -0.0562. The molecule has 10 heavy (non-hydrogen) atoms. The van der Waals surface area contributed by atoms with Gasteiger partial charge in [0.1, 0.15) is 0 Å². The predicted octanol–water partition coefficient (Wildman–Crippen LogP) is 1.83. The first kappa shape index (κ1) is 9.98. The molecule has 0 aromatic rings. The van der Waals surface area contributed by atoms with E-state index in [1.807, 2.05) is 0 Å². The monoisotopic (exact) mass is 182 g/mol. The molecule has 0 aliphatic carbocycles. The Balaban J connectivity index is 3.49. The first-order chi connectivity index (χ1) is 4.54. The van der Waals surface area contributed by atoms with Crippen LogP contribution in [0, 0.1) is 0 Å². The zero-order valence-electron chi connectivity index (χ0n) is 5.31. The van der Waals surface area contributed by atoms with Crippen molar-refractivity contribution in [3.8, 4) is 0 Å². The molecular weight excluding hydrogens is 175 g/mol. The fourth-order valence-electron chi connectivity index (χ4n) is 0.260. The van der Waals surface area contributed by atoms with Gasteiger partial charge < -0.3 is 9.84 Å². The summed E-state index contributed by atoms with van der Waals surface area (Å²) in [6.45, 7) is 6.66. The number of rotatable bonds is 4. The number of hydrogen-bond acceptors (Lipinski definition) is 2. The predicted molar refractivity (Wildman–Crippen MR) is 41.9 cm³/mol. The second kappa shape index (κ2) is 4.74. The van der Waals surface area contributed by atoms with Gasteiger partial charge in [-0.2, -0.15) is 0 Å². The number of aliphatic hydroxyl groups excluding tert-OH is 1. The fourth-order valence-corrected chi connectivity index (χ4v) is 0.386. The van der Waals surface area contributed by atoms with Crippen molar-refractivity contribution in [2.45, 2.75) is 6.29 Å². The Kier molecular flexibility index (Phi) is 4.73.